The minimum absolute atomic E-state index is 0. The van der Waals surface area contributed by atoms with Gasteiger partial charge in [0, 0.05) is 65.8 Å². The Morgan fingerprint density at radius 3 is 0.909 bits per heavy atom. The van der Waals surface area contributed by atoms with Crippen LogP contribution in [0.5, 0.6) is 0 Å². The van der Waals surface area contributed by atoms with Gasteiger partial charge in [0.15, 0.2) is 11.6 Å². The van der Waals surface area contributed by atoms with Gasteiger partial charge in [-0.3, -0.25) is 19.9 Å². The Bertz CT molecular complexity index is 2640. The van der Waals surface area contributed by atoms with E-state index in [0.29, 0.717) is 0 Å². The van der Waals surface area contributed by atoms with Crippen LogP contribution in [-0.4, -0.2) is 39.9 Å². The van der Waals surface area contributed by atoms with Gasteiger partial charge in [-0.2, -0.15) is 0 Å². The molecule has 0 amide bonds. The molecule has 6 aromatic heterocycles. The molecule has 0 aliphatic heterocycles. The number of imidazole rings is 2. The van der Waals surface area contributed by atoms with E-state index in [2.05, 4.69) is 120 Å². The Hall–Kier alpha value is -5.92. The summed E-state index contributed by atoms with van der Waals surface area (Å²) in [5, 5.41) is 4.83. The molecule has 0 radical (unpaired) electrons. The number of fused-ring (bicyclic) bond motifs is 8. The van der Waals surface area contributed by atoms with E-state index in [9.17, 15) is 0 Å². The monoisotopic (exact) mass is 808 g/mol. The van der Waals surface area contributed by atoms with Crippen molar-refractivity contribution >= 4 is 65.7 Å². The van der Waals surface area contributed by atoms with Crippen molar-refractivity contribution in [2.24, 2.45) is 0 Å². The second kappa shape index (κ2) is 15.1. The molecule has 0 saturated carbocycles. The van der Waals surface area contributed by atoms with Crippen molar-refractivity contribution in [3.05, 3.63) is 142 Å². The van der Waals surface area contributed by atoms with Crippen LogP contribution >= 0.6 is 0 Å². The van der Waals surface area contributed by atoms with Gasteiger partial charge in [-0.05, 0) is 124 Å². The van der Waals surface area contributed by atoms with Crippen molar-refractivity contribution in [3.63, 3.8) is 0 Å². The zero-order valence-electron chi connectivity index (χ0n) is 32.3. The summed E-state index contributed by atoms with van der Waals surface area (Å²) in [6.07, 6.45) is 7.75. The van der Waals surface area contributed by atoms with Gasteiger partial charge in [-0.1, -0.05) is 48.5 Å². The summed E-state index contributed by atoms with van der Waals surface area (Å²) in [6.45, 7) is 17.0. The number of hydrogen-bond donors (Lipinski definition) is 2. The largest absolute Gasteiger partial charge is 0.335 e. The van der Waals surface area contributed by atoms with Crippen LogP contribution in [0, 0.1) is 55.4 Å². The number of rotatable bonds is 1. The van der Waals surface area contributed by atoms with E-state index in [4.69, 9.17) is 0 Å². The Balaban J connectivity index is 0.000000126. The molecule has 0 atom stereocenters. The van der Waals surface area contributed by atoms with Crippen molar-refractivity contribution < 1.29 is 19.5 Å². The number of aromatic nitrogens is 8. The third-order valence-electron chi connectivity index (χ3n) is 10.8. The van der Waals surface area contributed by atoms with Crippen LogP contribution in [0.4, 0.5) is 0 Å². The molecule has 10 aromatic rings. The molecular weight excluding hydrogens is 766 g/mol. The van der Waals surface area contributed by atoms with Crippen LogP contribution < -0.4 is 0 Å². The molecule has 0 fully saturated rings. The van der Waals surface area contributed by atoms with Crippen LogP contribution in [0.25, 0.3) is 77.3 Å². The van der Waals surface area contributed by atoms with Crippen LogP contribution in [0.15, 0.2) is 97.6 Å². The summed E-state index contributed by atoms with van der Waals surface area (Å²) >= 11 is 0. The first-order valence-electron chi connectivity index (χ1n) is 18.2. The summed E-state index contributed by atoms with van der Waals surface area (Å²) in [4.78, 5) is 33.9. The average molecular weight is 808 g/mol. The fraction of sp³-hybridized carbons (Fsp3) is 0.174. The van der Waals surface area contributed by atoms with E-state index in [0.717, 1.165) is 55.8 Å². The van der Waals surface area contributed by atoms with Crippen LogP contribution in [-0.2, 0) is 19.5 Å². The molecule has 55 heavy (non-hydrogen) atoms. The SMILES string of the molecule is Cc1cnc2c(ccc3c(C)c(C)cnc32)c1C.Cc1cnc2c(ccc3c(C)c(C)cnc32)c1C.[Ru].c1ccc2[nH]c(-c3nc4ccccc4[nH]3)nc2c1. The number of nitrogens with one attached hydrogen (secondary N) is 2. The van der Waals surface area contributed by atoms with Crippen molar-refractivity contribution in [2.45, 2.75) is 55.4 Å². The molecule has 0 aliphatic rings. The van der Waals surface area contributed by atoms with Crippen molar-refractivity contribution in [1.82, 2.24) is 39.9 Å². The molecule has 6 heterocycles. The van der Waals surface area contributed by atoms with Gasteiger partial charge < -0.3 is 9.97 Å². The quantitative estimate of drug-likeness (QED) is 0.126. The van der Waals surface area contributed by atoms with E-state index < -0.39 is 0 Å². The van der Waals surface area contributed by atoms with Crippen molar-refractivity contribution in [1.29, 1.82) is 0 Å². The number of nitrogens with zero attached hydrogens (tertiary/aromatic N) is 6. The Labute approximate surface area is 332 Å². The van der Waals surface area contributed by atoms with Gasteiger partial charge >= 0.3 is 0 Å². The predicted octanol–water partition coefficient (Wildman–Crippen LogP) is 11.1. The summed E-state index contributed by atoms with van der Waals surface area (Å²) in [5.74, 6) is 1.54. The molecule has 4 aromatic carbocycles. The van der Waals surface area contributed by atoms with Gasteiger partial charge in [0.05, 0.1) is 44.1 Å². The summed E-state index contributed by atoms with van der Waals surface area (Å²) in [5.41, 5.74) is 18.1. The number of para-hydroxylation sites is 4. The van der Waals surface area contributed by atoms with Gasteiger partial charge in [-0.25, -0.2) is 9.97 Å². The third kappa shape index (κ3) is 6.85. The number of aryl methyl sites for hydroxylation is 8. The first kappa shape index (κ1) is 37.4. The number of hydrogen-bond acceptors (Lipinski definition) is 6. The van der Waals surface area contributed by atoms with Gasteiger partial charge in [0.2, 0.25) is 0 Å². The fourth-order valence-corrected chi connectivity index (χ4v) is 6.90. The molecule has 0 spiro atoms. The molecule has 10 rings (SSSR count). The van der Waals surface area contributed by atoms with Crippen molar-refractivity contribution in [2.75, 3.05) is 0 Å². The molecule has 9 heteroatoms. The molecule has 8 nitrogen and oxygen atoms in total. The molecular formula is C46H42N8Ru. The average Bonchev–Trinajstić information content (AvgIpc) is 3.83. The van der Waals surface area contributed by atoms with E-state index in [1.807, 2.05) is 73.3 Å². The maximum atomic E-state index is 4.58. The van der Waals surface area contributed by atoms with Crippen LogP contribution in [0.3, 0.4) is 0 Å². The van der Waals surface area contributed by atoms with E-state index in [-0.39, 0.29) is 19.5 Å². The summed E-state index contributed by atoms with van der Waals surface area (Å²) < 4.78 is 0. The third-order valence-corrected chi connectivity index (χ3v) is 10.8. The maximum absolute atomic E-state index is 4.58. The topological polar surface area (TPSA) is 109 Å². The summed E-state index contributed by atoms with van der Waals surface area (Å²) in [6, 6.07) is 24.6. The van der Waals surface area contributed by atoms with Crippen molar-refractivity contribution in [3.8, 4) is 11.6 Å². The number of pyridine rings is 4. The van der Waals surface area contributed by atoms with E-state index >= 15 is 0 Å². The molecule has 0 saturated heterocycles. The fourth-order valence-electron chi connectivity index (χ4n) is 6.90. The van der Waals surface area contributed by atoms with Gasteiger partial charge in [0.25, 0.3) is 0 Å². The van der Waals surface area contributed by atoms with Gasteiger partial charge in [0.1, 0.15) is 0 Å². The molecule has 0 aliphatic carbocycles. The first-order valence-corrected chi connectivity index (χ1v) is 18.2. The standard InChI is InChI=1S/2C16H16N2.C14H10N4.Ru/c2*1-9-7-17-15-13(11(9)3)5-6-14-12(4)10(2)8-18-16(14)15;1-2-6-10-9(5-1)15-13(16-10)14-17-11-7-3-4-8-12(11)18-14;/h2*5-8H,1-4H3;1-8H,(H,15,16)(H,17,18);. The molecule has 274 valence electrons. The summed E-state index contributed by atoms with van der Waals surface area (Å²) in [7, 11) is 0. The number of benzene rings is 4. The van der Waals surface area contributed by atoms with Gasteiger partial charge in [-0.15, -0.1) is 0 Å². The number of aromatic amines is 2. The minimum Gasteiger partial charge on any atom is -0.335 e. The van der Waals surface area contributed by atoms with E-state index in [1.165, 1.54) is 66.1 Å². The first-order chi connectivity index (χ1) is 26.1. The molecule has 0 unspecified atom stereocenters. The molecule has 2 N–H and O–H groups in total. The zero-order chi connectivity index (χ0) is 37.7. The minimum atomic E-state index is 0. The Morgan fingerprint density at radius 1 is 0.364 bits per heavy atom. The Morgan fingerprint density at radius 2 is 0.636 bits per heavy atom. The van der Waals surface area contributed by atoms with Crippen LogP contribution in [0.2, 0.25) is 0 Å². The van der Waals surface area contributed by atoms with E-state index in [1.54, 1.807) is 0 Å². The number of H-pyrrole nitrogens is 2. The maximum Gasteiger partial charge on any atom is 0.174 e. The predicted molar refractivity (Wildman–Crippen MR) is 223 cm³/mol. The second-order valence-electron chi connectivity index (χ2n) is 14.2. The van der Waals surface area contributed by atoms with Crippen LogP contribution in [0.1, 0.15) is 44.5 Å². The Kier molecular flexibility index (Phi) is 10.3. The second-order valence-corrected chi connectivity index (χ2v) is 14.2. The zero-order valence-corrected chi connectivity index (χ0v) is 34.0. The normalized spacial score (nSPS) is 11.1. The molecule has 0 bridgehead atoms. The smallest absolute Gasteiger partial charge is 0.174 e.